The van der Waals surface area contributed by atoms with Gasteiger partial charge in [0.25, 0.3) is 0 Å². The molecule has 1 rings (SSSR count). The van der Waals surface area contributed by atoms with E-state index in [1.165, 1.54) is 0 Å². The van der Waals surface area contributed by atoms with Crippen LogP contribution in [0.4, 0.5) is 4.79 Å². The van der Waals surface area contributed by atoms with Gasteiger partial charge in [-0.3, -0.25) is 4.79 Å². The van der Waals surface area contributed by atoms with Gasteiger partial charge in [-0.2, -0.15) is 0 Å². The number of hydrogen-bond donors (Lipinski definition) is 2. The highest BCUT2D eigenvalue weighted by Gasteiger charge is 2.15. The van der Waals surface area contributed by atoms with Crippen LogP contribution in [0.5, 0.6) is 0 Å². The van der Waals surface area contributed by atoms with E-state index in [4.69, 9.17) is 17.0 Å². The minimum Gasteiger partial charge on any atom is -0.465 e. The first-order chi connectivity index (χ1) is 8.63. The maximum absolute atomic E-state index is 11.2. The number of ether oxygens (including phenoxy) is 2. The molecule has 0 aliphatic carbocycles. The lowest BCUT2D eigenvalue weighted by molar-refractivity contribution is -0.141. The standard InChI is InChI=1S/C10H17N3O4S/c1-2-16-8(14)7-12-10(15)17-6-5-13-4-3-11-9(13)18/h2-7H2,1H3,(H,11,18)(H,12,15). The minimum absolute atomic E-state index is 0.184. The Hall–Kier alpha value is -1.57. The third-order valence-electron chi connectivity index (χ3n) is 2.22. The van der Waals surface area contributed by atoms with Crippen molar-refractivity contribution in [2.24, 2.45) is 0 Å². The average molecular weight is 275 g/mol. The Labute approximate surface area is 111 Å². The summed E-state index contributed by atoms with van der Waals surface area (Å²) in [4.78, 5) is 24.1. The number of amides is 1. The molecule has 0 aromatic carbocycles. The first-order valence-corrected chi connectivity index (χ1v) is 6.13. The number of alkyl carbamates (subject to hydrolysis) is 1. The van der Waals surface area contributed by atoms with Crippen LogP contribution in [0.1, 0.15) is 6.92 Å². The quantitative estimate of drug-likeness (QED) is 0.498. The van der Waals surface area contributed by atoms with E-state index >= 15 is 0 Å². The number of thiocarbonyl (C=S) groups is 1. The maximum atomic E-state index is 11.2. The Morgan fingerprint density at radius 1 is 1.50 bits per heavy atom. The molecule has 0 spiro atoms. The van der Waals surface area contributed by atoms with E-state index in [0.29, 0.717) is 11.7 Å². The fourth-order valence-electron chi connectivity index (χ4n) is 1.38. The van der Waals surface area contributed by atoms with Crippen LogP contribution >= 0.6 is 12.2 Å². The zero-order chi connectivity index (χ0) is 13.4. The average Bonchev–Trinajstić information content (AvgIpc) is 2.73. The van der Waals surface area contributed by atoms with Gasteiger partial charge < -0.3 is 25.0 Å². The summed E-state index contributed by atoms with van der Waals surface area (Å²) < 4.78 is 9.54. The van der Waals surface area contributed by atoms with Crippen molar-refractivity contribution in [3.05, 3.63) is 0 Å². The molecule has 0 radical (unpaired) electrons. The molecule has 1 fully saturated rings. The Kier molecular flexibility index (Phi) is 6.20. The number of esters is 1. The molecule has 1 aliphatic rings. The van der Waals surface area contributed by atoms with Crippen molar-refractivity contribution in [1.29, 1.82) is 0 Å². The number of rotatable bonds is 6. The van der Waals surface area contributed by atoms with Crippen LogP contribution in [0.3, 0.4) is 0 Å². The van der Waals surface area contributed by atoms with Crippen molar-refractivity contribution in [1.82, 2.24) is 15.5 Å². The molecule has 0 atom stereocenters. The summed E-state index contributed by atoms with van der Waals surface area (Å²) in [5.74, 6) is -0.487. The SMILES string of the molecule is CCOC(=O)CNC(=O)OCCN1CCNC1=S. The molecule has 0 aromatic rings. The first kappa shape index (κ1) is 14.5. The van der Waals surface area contributed by atoms with Crippen molar-refractivity contribution in [2.45, 2.75) is 6.92 Å². The van der Waals surface area contributed by atoms with Gasteiger partial charge in [-0.1, -0.05) is 0 Å². The largest absolute Gasteiger partial charge is 0.465 e. The molecular weight excluding hydrogens is 258 g/mol. The number of carbonyl (C=O) groups is 2. The van der Waals surface area contributed by atoms with Gasteiger partial charge in [0.2, 0.25) is 0 Å². The lowest BCUT2D eigenvalue weighted by atomic mass is 10.5. The minimum atomic E-state index is -0.638. The Morgan fingerprint density at radius 3 is 2.89 bits per heavy atom. The Balaban J connectivity index is 2.06. The van der Waals surface area contributed by atoms with E-state index < -0.39 is 12.1 Å². The molecule has 1 amide bonds. The highest BCUT2D eigenvalue weighted by Crippen LogP contribution is 1.96. The predicted octanol–water partition coefficient (Wildman–Crippen LogP) is -0.534. The molecule has 0 unspecified atom stereocenters. The van der Waals surface area contributed by atoms with Crippen molar-refractivity contribution in [3.63, 3.8) is 0 Å². The third-order valence-corrected chi connectivity index (χ3v) is 2.62. The zero-order valence-electron chi connectivity index (χ0n) is 10.2. The van der Waals surface area contributed by atoms with Gasteiger partial charge in [-0.15, -0.1) is 0 Å². The summed E-state index contributed by atoms with van der Waals surface area (Å²) in [5, 5.41) is 5.97. The second kappa shape index (κ2) is 7.70. The normalized spacial score (nSPS) is 14.1. The molecule has 18 heavy (non-hydrogen) atoms. The summed E-state index contributed by atoms with van der Waals surface area (Å²) in [6.45, 7) is 4.18. The van der Waals surface area contributed by atoms with Gasteiger partial charge in [0.15, 0.2) is 5.11 Å². The smallest absolute Gasteiger partial charge is 0.407 e. The van der Waals surface area contributed by atoms with E-state index in [9.17, 15) is 9.59 Å². The highest BCUT2D eigenvalue weighted by atomic mass is 32.1. The molecule has 7 nitrogen and oxygen atoms in total. The molecule has 0 saturated carbocycles. The Bertz CT molecular complexity index is 324. The maximum Gasteiger partial charge on any atom is 0.407 e. The molecule has 1 heterocycles. The fourth-order valence-corrected chi connectivity index (χ4v) is 1.67. The van der Waals surface area contributed by atoms with E-state index in [-0.39, 0.29) is 19.8 Å². The summed E-state index contributed by atoms with van der Waals surface area (Å²) in [5.41, 5.74) is 0. The van der Waals surface area contributed by atoms with Crippen LogP contribution < -0.4 is 10.6 Å². The zero-order valence-corrected chi connectivity index (χ0v) is 11.0. The van der Waals surface area contributed by atoms with Gasteiger partial charge in [0.05, 0.1) is 13.2 Å². The molecule has 1 aliphatic heterocycles. The van der Waals surface area contributed by atoms with Crippen molar-refractivity contribution >= 4 is 29.4 Å². The topological polar surface area (TPSA) is 79.9 Å². The summed E-state index contributed by atoms with van der Waals surface area (Å²) in [6.07, 6.45) is -0.638. The van der Waals surface area contributed by atoms with Crippen LogP contribution in [0.25, 0.3) is 0 Å². The number of carbonyl (C=O) groups excluding carboxylic acids is 2. The van der Waals surface area contributed by atoms with Crippen LogP contribution in [0.15, 0.2) is 0 Å². The van der Waals surface area contributed by atoms with Crippen molar-refractivity contribution in [3.8, 4) is 0 Å². The lowest BCUT2D eigenvalue weighted by Crippen LogP contribution is -2.35. The second-order valence-electron chi connectivity index (χ2n) is 3.51. The molecule has 8 heteroatoms. The van der Waals surface area contributed by atoms with Gasteiger partial charge >= 0.3 is 12.1 Å². The van der Waals surface area contributed by atoms with E-state index in [0.717, 1.165) is 13.1 Å². The number of nitrogens with zero attached hydrogens (tertiary/aromatic N) is 1. The molecule has 1 saturated heterocycles. The summed E-state index contributed by atoms with van der Waals surface area (Å²) in [6, 6.07) is 0. The number of nitrogens with one attached hydrogen (secondary N) is 2. The van der Waals surface area contributed by atoms with E-state index in [1.54, 1.807) is 6.92 Å². The van der Waals surface area contributed by atoms with E-state index in [2.05, 4.69) is 15.4 Å². The van der Waals surface area contributed by atoms with Crippen LogP contribution in [0, 0.1) is 0 Å². The highest BCUT2D eigenvalue weighted by molar-refractivity contribution is 7.80. The first-order valence-electron chi connectivity index (χ1n) is 5.72. The van der Waals surface area contributed by atoms with Gasteiger partial charge in [0.1, 0.15) is 13.2 Å². The fraction of sp³-hybridized carbons (Fsp3) is 0.700. The molecular formula is C10H17N3O4S. The van der Waals surface area contributed by atoms with Crippen LogP contribution in [-0.2, 0) is 14.3 Å². The number of hydrogen-bond acceptors (Lipinski definition) is 5. The Morgan fingerprint density at radius 2 is 2.28 bits per heavy atom. The summed E-state index contributed by atoms with van der Waals surface area (Å²) in [7, 11) is 0. The predicted molar refractivity (Wildman–Crippen MR) is 68.2 cm³/mol. The van der Waals surface area contributed by atoms with Crippen molar-refractivity contribution in [2.75, 3.05) is 39.4 Å². The second-order valence-corrected chi connectivity index (χ2v) is 3.90. The van der Waals surface area contributed by atoms with Gasteiger partial charge in [-0.25, -0.2) is 4.79 Å². The van der Waals surface area contributed by atoms with Crippen LogP contribution in [-0.4, -0.2) is 61.5 Å². The molecule has 2 N–H and O–H groups in total. The van der Waals surface area contributed by atoms with Gasteiger partial charge in [-0.05, 0) is 19.1 Å². The van der Waals surface area contributed by atoms with Crippen molar-refractivity contribution < 1.29 is 19.1 Å². The molecule has 0 aromatic heterocycles. The third kappa shape index (κ3) is 5.17. The van der Waals surface area contributed by atoms with Gasteiger partial charge in [0, 0.05) is 13.1 Å². The monoisotopic (exact) mass is 275 g/mol. The molecule has 102 valence electrons. The van der Waals surface area contributed by atoms with Crippen LogP contribution in [0.2, 0.25) is 0 Å². The lowest BCUT2D eigenvalue weighted by Gasteiger charge is -2.16. The van der Waals surface area contributed by atoms with E-state index in [1.807, 2.05) is 4.90 Å². The summed E-state index contributed by atoms with van der Waals surface area (Å²) >= 11 is 5.03. The molecule has 0 bridgehead atoms.